The number of benzene rings is 1. The standard InChI is InChI=1S/C17H20N2O4/c1-2-23-15-5-3-12(4-6-15)9-14(16(18)20)10-19-17(21)13-7-8-22-11-13/h3-8,11,14H,2,9-10H2,1H3,(H2,18,20)(H,19,21)/t14-/m1/s1. The van der Waals surface area contributed by atoms with E-state index in [1.807, 2.05) is 31.2 Å². The monoisotopic (exact) mass is 316 g/mol. The Morgan fingerprint density at radius 3 is 2.57 bits per heavy atom. The number of nitrogens with one attached hydrogen (secondary N) is 1. The maximum atomic E-state index is 11.9. The quantitative estimate of drug-likeness (QED) is 0.775. The molecule has 0 aliphatic heterocycles. The number of ether oxygens (including phenoxy) is 1. The van der Waals surface area contributed by atoms with Crippen molar-refractivity contribution in [3.8, 4) is 5.75 Å². The third-order valence-corrected chi connectivity index (χ3v) is 3.41. The molecule has 0 saturated heterocycles. The van der Waals surface area contributed by atoms with Crippen molar-refractivity contribution in [3.63, 3.8) is 0 Å². The minimum absolute atomic E-state index is 0.173. The van der Waals surface area contributed by atoms with E-state index in [0.717, 1.165) is 11.3 Å². The zero-order chi connectivity index (χ0) is 16.7. The van der Waals surface area contributed by atoms with E-state index in [1.165, 1.54) is 12.5 Å². The van der Waals surface area contributed by atoms with Crippen LogP contribution in [0.2, 0.25) is 0 Å². The predicted octanol–water partition coefficient (Wildman–Crippen LogP) is 1.75. The van der Waals surface area contributed by atoms with Crippen LogP contribution in [-0.2, 0) is 11.2 Å². The van der Waals surface area contributed by atoms with Gasteiger partial charge in [-0.25, -0.2) is 0 Å². The molecule has 1 heterocycles. The number of furan rings is 1. The first-order valence-corrected chi connectivity index (χ1v) is 7.41. The Bertz CT molecular complexity index is 635. The molecule has 1 atom stereocenters. The molecule has 2 rings (SSSR count). The van der Waals surface area contributed by atoms with E-state index >= 15 is 0 Å². The number of hydrogen-bond acceptors (Lipinski definition) is 4. The number of carbonyl (C=O) groups excluding carboxylic acids is 2. The van der Waals surface area contributed by atoms with Crippen molar-refractivity contribution in [3.05, 3.63) is 54.0 Å². The molecular weight excluding hydrogens is 296 g/mol. The van der Waals surface area contributed by atoms with Crippen molar-refractivity contribution >= 4 is 11.8 Å². The average molecular weight is 316 g/mol. The molecule has 0 bridgehead atoms. The highest BCUT2D eigenvalue weighted by Gasteiger charge is 2.18. The first kappa shape index (κ1) is 16.6. The number of hydrogen-bond donors (Lipinski definition) is 2. The van der Waals surface area contributed by atoms with E-state index in [2.05, 4.69) is 5.32 Å². The minimum atomic E-state index is -0.483. The summed E-state index contributed by atoms with van der Waals surface area (Å²) in [5, 5.41) is 2.69. The molecule has 3 N–H and O–H groups in total. The fraction of sp³-hybridized carbons (Fsp3) is 0.294. The van der Waals surface area contributed by atoms with Gasteiger partial charge in [0.15, 0.2) is 0 Å². The van der Waals surface area contributed by atoms with E-state index in [4.69, 9.17) is 14.9 Å². The lowest BCUT2D eigenvalue weighted by Gasteiger charge is -2.14. The van der Waals surface area contributed by atoms with Crippen LogP contribution < -0.4 is 15.8 Å². The van der Waals surface area contributed by atoms with Crippen LogP contribution in [0.25, 0.3) is 0 Å². The highest BCUT2D eigenvalue weighted by molar-refractivity contribution is 5.94. The molecule has 0 fully saturated rings. The van der Waals surface area contributed by atoms with Crippen LogP contribution in [0, 0.1) is 5.92 Å². The average Bonchev–Trinajstić information content (AvgIpc) is 3.07. The number of primary amides is 1. The molecule has 0 aliphatic carbocycles. The maximum Gasteiger partial charge on any atom is 0.254 e. The lowest BCUT2D eigenvalue weighted by atomic mass is 9.98. The van der Waals surface area contributed by atoms with Gasteiger partial charge < -0.3 is 20.2 Å². The van der Waals surface area contributed by atoms with Gasteiger partial charge in [0.2, 0.25) is 5.91 Å². The number of nitrogens with two attached hydrogens (primary N) is 1. The summed E-state index contributed by atoms with van der Waals surface area (Å²) < 4.78 is 10.2. The van der Waals surface area contributed by atoms with Crippen LogP contribution in [0.3, 0.4) is 0 Å². The van der Waals surface area contributed by atoms with Gasteiger partial charge >= 0.3 is 0 Å². The van der Waals surface area contributed by atoms with E-state index < -0.39 is 11.8 Å². The first-order valence-electron chi connectivity index (χ1n) is 7.41. The van der Waals surface area contributed by atoms with Crippen LogP contribution >= 0.6 is 0 Å². The second-order valence-electron chi connectivity index (χ2n) is 5.10. The first-order chi connectivity index (χ1) is 11.1. The van der Waals surface area contributed by atoms with Crippen molar-refractivity contribution in [2.45, 2.75) is 13.3 Å². The Morgan fingerprint density at radius 1 is 1.26 bits per heavy atom. The van der Waals surface area contributed by atoms with Gasteiger partial charge in [0.1, 0.15) is 12.0 Å². The van der Waals surface area contributed by atoms with Crippen molar-refractivity contribution < 1.29 is 18.7 Å². The third-order valence-electron chi connectivity index (χ3n) is 3.41. The molecule has 2 aromatic rings. The van der Waals surface area contributed by atoms with Crippen LogP contribution in [0.1, 0.15) is 22.8 Å². The normalized spacial score (nSPS) is 11.7. The molecule has 0 aliphatic rings. The minimum Gasteiger partial charge on any atom is -0.494 e. The van der Waals surface area contributed by atoms with Gasteiger partial charge in [-0.1, -0.05) is 12.1 Å². The summed E-state index contributed by atoms with van der Waals surface area (Å²) in [5.41, 5.74) is 6.80. The lowest BCUT2D eigenvalue weighted by Crippen LogP contribution is -2.37. The van der Waals surface area contributed by atoms with Crippen LogP contribution in [0.4, 0.5) is 0 Å². The molecule has 0 radical (unpaired) electrons. The summed E-state index contributed by atoms with van der Waals surface area (Å²) in [5.74, 6) is -0.452. The SMILES string of the molecule is CCOc1ccc(C[C@H](CNC(=O)c2ccoc2)C(N)=O)cc1. The molecule has 0 saturated carbocycles. The highest BCUT2D eigenvalue weighted by Crippen LogP contribution is 2.15. The largest absolute Gasteiger partial charge is 0.494 e. The molecule has 122 valence electrons. The van der Waals surface area contributed by atoms with Gasteiger partial charge in [0, 0.05) is 6.54 Å². The fourth-order valence-corrected chi connectivity index (χ4v) is 2.16. The number of amides is 2. The zero-order valence-electron chi connectivity index (χ0n) is 13.0. The Morgan fingerprint density at radius 2 is 2.00 bits per heavy atom. The lowest BCUT2D eigenvalue weighted by molar-refractivity contribution is -0.121. The Kier molecular flexibility index (Phi) is 5.80. The van der Waals surface area contributed by atoms with E-state index in [-0.39, 0.29) is 12.5 Å². The Labute approximate surface area is 134 Å². The molecule has 0 spiro atoms. The molecule has 23 heavy (non-hydrogen) atoms. The smallest absolute Gasteiger partial charge is 0.254 e. The maximum absolute atomic E-state index is 11.9. The summed E-state index contributed by atoms with van der Waals surface area (Å²) in [6, 6.07) is 9.03. The predicted molar refractivity (Wildman–Crippen MR) is 85.0 cm³/mol. The van der Waals surface area contributed by atoms with Gasteiger partial charge in [0.05, 0.1) is 24.4 Å². The third kappa shape index (κ3) is 4.88. The molecule has 2 amide bonds. The summed E-state index contributed by atoms with van der Waals surface area (Å²) in [6.45, 7) is 2.69. The molecule has 0 unspecified atom stereocenters. The zero-order valence-corrected chi connectivity index (χ0v) is 13.0. The summed E-state index contributed by atoms with van der Waals surface area (Å²) in [4.78, 5) is 23.5. The van der Waals surface area contributed by atoms with Crippen molar-refractivity contribution in [2.75, 3.05) is 13.2 Å². The fourth-order valence-electron chi connectivity index (χ4n) is 2.16. The van der Waals surface area contributed by atoms with Gasteiger partial charge in [-0.15, -0.1) is 0 Å². The highest BCUT2D eigenvalue weighted by atomic mass is 16.5. The second-order valence-corrected chi connectivity index (χ2v) is 5.10. The van der Waals surface area contributed by atoms with Gasteiger partial charge in [-0.2, -0.15) is 0 Å². The molecule has 6 heteroatoms. The number of rotatable bonds is 8. The Hall–Kier alpha value is -2.76. The number of carbonyl (C=O) groups is 2. The van der Waals surface area contributed by atoms with Gasteiger partial charge in [-0.05, 0) is 37.1 Å². The molecule has 1 aromatic carbocycles. The van der Waals surface area contributed by atoms with Crippen LogP contribution in [0.5, 0.6) is 5.75 Å². The molecule has 6 nitrogen and oxygen atoms in total. The van der Waals surface area contributed by atoms with Crippen LogP contribution in [0.15, 0.2) is 47.3 Å². The van der Waals surface area contributed by atoms with E-state index in [9.17, 15) is 9.59 Å². The molecular formula is C17H20N2O4. The summed E-state index contributed by atoms with van der Waals surface area (Å²) in [7, 11) is 0. The van der Waals surface area contributed by atoms with E-state index in [1.54, 1.807) is 6.07 Å². The summed E-state index contributed by atoms with van der Waals surface area (Å²) >= 11 is 0. The summed E-state index contributed by atoms with van der Waals surface area (Å²) in [6.07, 6.45) is 3.22. The van der Waals surface area contributed by atoms with E-state index in [0.29, 0.717) is 18.6 Å². The van der Waals surface area contributed by atoms with Gasteiger partial charge in [0.25, 0.3) is 5.91 Å². The van der Waals surface area contributed by atoms with Gasteiger partial charge in [-0.3, -0.25) is 9.59 Å². The van der Waals surface area contributed by atoms with Crippen molar-refractivity contribution in [1.29, 1.82) is 0 Å². The van der Waals surface area contributed by atoms with Crippen molar-refractivity contribution in [1.82, 2.24) is 5.32 Å². The van der Waals surface area contributed by atoms with Crippen molar-refractivity contribution in [2.24, 2.45) is 11.7 Å². The Balaban J connectivity index is 1.93. The topological polar surface area (TPSA) is 94.6 Å². The van der Waals surface area contributed by atoms with Crippen LogP contribution in [-0.4, -0.2) is 25.0 Å². The molecule has 1 aromatic heterocycles. The second kappa shape index (κ2) is 8.03.